The van der Waals surface area contributed by atoms with Gasteiger partial charge in [0, 0.05) is 10.4 Å². The zero-order chi connectivity index (χ0) is 11.1. The van der Waals surface area contributed by atoms with Crippen LogP contribution in [0.3, 0.4) is 0 Å². The Hall–Kier alpha value is -0.800. The lowest BCUT2D eigenvalue weighted by Crippen LogP contribution is -1.96. The molecule has 2 aromatic rings. The second-order valence-corrected chi connectivity index (χ2v) is 5.36. The molecular weight excluding hydrogens is 288 g/mol. The summed E-state index contributed by atoms with van der Waals surface area (Å²) in [4.78, 5) is 0. The van der Waals surface area contributed by atoms with Crippen molar-refractivity contribution in [1.29, 1.82) is 0 Å². The maximum atomic E-state index is 6.19. The summed E-state index contributed by atoms with van der Waals surface area (Å²) >= 11 is 9.64. The highest BCUT2D eigenvalue weighted by Gasteiger charge is 2.27. The first kappa shape index (κ1) is 10.4. The fourth-order valence-electron chi connectivity index (χ4n) is 1.74. The van der Waals surface area contributed by atoms with Crippen molar-refractivity contribution in [3.05, 3.63) is 45.7 Å². The standard InChI is InChI=1S/C12H10BrClN2/c13-9-2-1-3-10(6-9)16-12(14)7-11(15-16)8-4-5-8/h1-3,6-8H,4-5H2. The first-order valence-corrected chi connectivity index (χ1v) is 6.42. The third-order valence-electron chi connectivity index (χ3n) is 2.73. The van der Waals surface area contributed by atoms with Crippen LogP contribution in [0, 0.1) is 0 Å². The van der Waals surface area contributed by atoms with Crippen LogP contribution in [-0.4, -0.2) is 9.78 Å². The SMILES string of the molecule is Clc1cc(C2CC2)nn1-c1cccc(Br)c1. The van der Waals surface area contributed by atoms with Gasteiger partial charge in [0.1, 0.15) is 5.15 Å². The molecule has 2 nitrogen and oxygen atoms in total. The Kier molecular flexibility index (Phi) is 2.52. The van der Waals surface area contributed by atoms with E-state index in [1.54, 1.807) is 4.68 Å². The molecule has 1 aromatic carbocycles. The van der Waals surface area contributed by atoms with Crippen molar-refractivity contribution in [2.75, 3.05) is 0 Å². The van der Waals surface area contributed by atoms with Gasteiger partial charge in [-0.2, -0.15) is 5.10 Å². The number of benzene rings is 1. The molecule has 1 fully saturated rings. The summed E-state index contributed by atoms with van der Waals surface area (Å²) in [6.45, 7) is 0. The Bertz CT molecular complexity index is 532. The molecule has 4 heteroatoms. The van der Waals surface area contributed by atoms with E-state index in [1.165, 1.54) is 12.8 Å². The molecule has 0 N–H and O–H groups in total. The third-order valence-corrected chi connectivity index (χ3v) is 3.50. The first-order chi connectivity index (χ1) is 7.74. The molecule has 3 rings (SSSR count). The number of hydrogen-bond acceptors (Lipinski definition) is 1. The van der Waals surface area contributed by atoms with Gasteiger partial charge in [0.25, 0.3) is 0 Å². The quantitative estimate of drug-likeness (QED) is 0.813. The van der Waals surface area contributed by atoms with E-state index in [0.29, 0.717) is 11.1 Å². The summed E-state index contributed by atoms with van der Waals surface area (Å²) in [5.41, 5.74) is 2.11. The van der Waals surface area contributed by atoms with Crippen LogP contribution in [0.2, 0.25) is 5.15 Å². The third kappa shape index (κ3) is 1.89. The van der Waals surface area contributed by atoms with Crippen molar-refractivity contribution in [1.82, 2.24) is 9.78 Å². The molecule has 0 amide bonds. The predicted octanol–water partition coefficient (Wildman–Crippen LogP) is 4.17. The molecule has 1 heterocycles. The first-order valence-electron chi connectivity index (χ1n) is 5.25. The number of nitrogens with zero attached hydrogens (tertiary/aromatic N) is 2. The molecule has 0 spiro atoms. The summed E-state index contributed by atoms with van der Waals surface area (Å²) in [5, 5.41) is 5.23. The van der Waals surface area contributed by atoms with Gasteiger partial charge in [0.2, 0.25) is 0 Å². The van der Waals surface area contributed by atoms with Crippen LogP contribution in [0.5, 0.6) is 0 Å². The van der Waals surface area contributed by atoms with Gasteiger partial charge in [-0.3, -0.25) is 0 Å². The number of aromatic nitrogens is 2. The topological polar surface area (TPSA) is 17.8 Å². The zero-order valence-corrected chi connectivity index (χ0v) is 10.9. The van der Waals surface area contributed by atoms with E-state index in [9.17, 15) is 0 Å². The minimum absolute atomic E-state index is 0.630. The number of hydrogen-bond donors (Lipinski definition) is 0. The van der Waals surface area contributed by atoms with E-state index in [1.807, 2.05) is 30.3 Å². The molecule has 1 aliphatic rings. The maximum absolute atomic E-state index is 6.19. The lowest BCUT2D eigenvalue weighted by molar-refractivity contribution is 0.837. The monoisotopic (exact) mass is 296 g/mol. The van der Waals surface area contributed by atoms with Crippen molar-refractivity contribution in [3.63, 3.8) is 0 Å². The van der Waals surface area contributed by atoms with Crippen LogP contribution >= 0.6 is 27.5 Å². The minimum atomic E-state index is 0.630. The molecule has 82 valence electrons. The largest absolute Gasteiger partial charge is 0.222 e. The van der Waals surface area contributed by atoms with Crippen molar-refractivity contribution in [2.45, 2.75) is 18.8 Å². The van der Waals surface area contributed by atoms with Gasteiger partial charge in [-0.25, -0.2) is 4.68 Å². The lowest BCUT2D eigenvalue weighted by Gasteiger charge is -2.02. The fourth-order valence-corrected chi connectivity index (χ4v) is 2.38. The lowest BCUT2D eigenvalue weighted by atomic mass is 10.3. The van der Waals surface area contributed by atoms with Crippen LogP contribution in [0.4, 0.5) is 0 Å². The molecule has 16 heavy (non-hydrogen) atoms. The Morgan fingerprint density at radius 2 is 2.12 bits per heavy atom. The van der Waals surface area contributed by atoms with Gasteiger partial charge in [-0.1, -0.05) is 33.6 Å². The highest BCUT2D eigenvalue weighted by Crippen LogP contribution is 2.40. The van der Waals surface area contributed by atoms with Gasteiger partial charge in [0.05, 0.1) is 11.4 Å². The fraction of sp³-hybridized carbons (Fsp3) is 0.250. The average molecular weight is 298 g/mol. The second-order valence-electron chi connectivity index (χ2n) is 4.06. The molecule has 0 aliphatic heterocycles. The van der Waals surface area contributed by atoms with E-state index in [-0.39, 0.29) is 0 Å². The van der Waals surface area contributed by atoms with Gasteiger partial charge in [-0.05, 0) is 37.1 Å². The summed E-state index contributed by atoms with van der Waals surface area (Å²) < 4.78 is 2.82. The van der Waals surface area contributed by atoms with Gasteiger partial charge >= 0.3 is 0 Å². The smallest absolute Gasteiger partial charge is 0.133 e. The molecule has 1 aliphatic carbocycles. The summed E-state index contributed by atoms with van der Waals surface area (Å²) in [6, 6.07) is 9.95. The molecule has 0 bridgehead atoms. The van der Waals surface area contributed by atoms with Gasteiger partial charge in [-0.15, -0.1) is 0 Å². The normalized spacial score (nSPS) is 15.4. The van der Waals surface area contributed by atoms with E-state index in [2.05, 4.69) is 21.0 Å². The van der Waals surface area contributed by atoms with E-state index in [4.69, 9.17) is 11.6 Å². The Labute approximate surface area is 107 Å². The van der Waals surface area contributed by atoms with Crippen LogP contribution in [0.25, 0.3) is 5.69 Å². The second kappa shape index (κ2) is 3.90. The number of halogens is 2. The van der Waals surface area contributed by atoms with Crippen molar-refractivity contribution in [3.8, 4) is 5.69 Å². The Morgan fingerprint density at radius 1 is 1.31 bits per heavy atom. The molecule has 0 saturated heterocycles. The highest BCUT2D eigenvalue weighted by atomic mass is 79.9. The summed E-state index contributed by atoms with van der Waals surface area (Å²) in [6.07, 6.45) is 2.48. The predicted molar refractivity (Wildman–Crippen MR) is 68.2 cm³/mol. The van der Waals surface area contributed by atoms with Crippen molar-refractivity contribution in [2.24, 2.45) is 0 Å². The Morgan fingerprint density at radius 3 is 2.81 bits per heavy atom. The molecule has 0 unspecified atom stereocenters. The molecule has 0 radical (unpaired) electrons. The molecule has 0 atom stereocenters. The summed E-state index contributed by atoms with van der Waals surface area (Å²) in [7, 11) is 0. The molecule has 1 saturated carbocycles. The molecular formula is C12H10BrClN2. The average Bonchev–Trinajstić information content (AvgIpc) is 3.02. The number of rotatable bonds is 2. The van der Waals surface area contributed by atoms with E-state index >= 15 is 0 Å². The van der Waals surface area contributed by atoms with Gasteiger partial charge < -0.3 is 0 Å². The Balaban J connectivity index is 2.04. The van der Waals surface area contributed by atoms with Crippen LogP contribution in [0.15, 0.2) is 34.8 Å². The van der Waals surface area contributed by atoms with Crippen LogP contribution in [0.1, 0.15) is 24.5 Å². The van der Waals surface area contributed by atoms with E-state index < -0.39 is 0 Å². The van der Waals surface area contributed by atoms with Crippen molar-refractivity contribution < 1.29 is 0 Å². The maximum Gasteiger partial charge on any atom is 0.133 e. The molecule has 1 aromatic heterocycles. The van der Waals surface area contributed by atoms with Crippen molar-refractivity contribution >= 4 is 27.5 Å². The van der Waals surface area contributed by atoms with Crippen LogP contribution < -0.4 is 0 Å². The summed E-state index contributed by atoms with van der Waals surface area (Å²) in [5.74, 6) is 0.630. The van der Waals surface area contributed by atoms with E-state index in [0.717, 1.165) is 15.9 Å². The highest BCUT2D eigenvalue weighted by molar-refractivity contribution is 9.10. The van der Waals surface area contributed by atoms with Crippen LogP contribution in [-0.2, 0) is 0 Å². The minimum Gasteiger partial charge on any atom is -0.222 e. The van der Waals surface area contributed by atoms with Gasteiger partial charge in [0.15, 0.2) is 0 Å². The zero-order valence-electron chi connectivity index (χ0n) is 8.53.